The van der Waals surface area contributed by atoms with Gasteiger partial charge in [0.05, 0.1) is 5.56 Å². The van der Waals surface area contributed by atoms with Crippen molar-refractivity contribution in [2.45, 2.75) is 18.1 Å². The van der Waals surface area contributed by atoms with Crippen LogP contribution >= 0.6 is 35.0 Å². The van der Waals surface area contributed by atoms with Gasteiger partial charge in [-0.2, -0.15) is 11.8 Å². The third-order valence-electron chi connectivity index (χ3n) is 2.57. The zero-order valence-corrected chi connectivity index (χ0v) is 11.4. The topological polar surface area (TPSA) is 42.0 Å². The van der Waals surface area contributed by atoms with Gasteiger partial charge in [-0.25, -0.2) is 4.98 Å². The first-order chi connectivity index (χ1) is 8.16. The van der Waals surface area contributed by atoms with Gasteiger partial charge < -0.3 is 5.32 Å². The summed E-state index contributed by atoms with van der Waals surface area (Å²) >= 11 is 13.4. The first-order valence-corrected chi connectivity index (χ1v) is 7.19. The van der Waals surface area contributed by atoms with E-state index in [1.165, 1.54) is 12.2 Å². The highest BCUT2D eigenvalue weighted by atomic mass is 35.5. The van der Waals surface area contributed by atoms with Crippen LogP contribution in [0.3, 0.4) is 0 Å². The molecule has 0 aliphatic carbocycles. The number of nitrogens with zero attached hydrogens (tertiary/aromatic N) is 1. The lowest BCUT2D eigenvalue weighted by molar-refractivity contribution is 0.0953. The Labute approximate surface area is 114 Å². The molecule has 1 N–H and O–H groups in total. The van der Waals surface area contributed by atoms with Gasteiger partial charge in [0, 0.05) is 11.8 Å². The van der Waals surface area contributed by atoms with E-state index in [1.54, 1.807) is 12.1 Å². The standard InChI is InChI=1S/C11H12Cl2N2OS/c12-9-4-3-8(10(13)15-9)11(16)14-6-7-2-1-5-17-7/h3-4,7H,1-2,5-6H2,(H,14,16). The van der Waals surface area contributed by atoms with E-state index >= 15 is 0 Å². The quantitative estimate of drug-likeness (QED) is 0.870. The fraction of sp³-hybridized carbons (Fsp3) is 0.455. The maximum atomic E-state index is 11.8. The third kappa shape index (κ3) is 3.50. The monoisotopic (exact) mass is 290 g/mol. The second kappa shape index (κ2) is 5.94. The van der Waals surface area contributed by atoms with Crippen LogP contribution in [0, 0.1) is 0 Å². The molecule has 0 spiro atoms. The largest absolute Gasteiger partial charge is 0.351 e. The van der Waals surface area contributed by atoms with Crippen molar-refractivity contribution in [2.24, 2.45) is 0 Å². The molecule has 0 radical (unpaired) electrons. The molecule has 17 heavy (non-hydrogen) atoms. The second-order valence-corrected chi connectivity index (χ2v) is 5.97. The molecule has 1 saturated heterocycles. The van der Waals surface area contributed by atoms with Crippen molar-refractivity contribution in [2.75, 3.05) is 12.3 Å². The normalized spacial score (nSPS) is 19.3. The van der Waals surface area contributed by atoms with E-state index in [4.69, 9.17) is 23.2 Å². The number of hydrogen-bond acceptors (Lipinski definition) is 3. The number of aromatic nitrogens is 1. The first kappa shape index (κ1) is 13.0. The highest BCUT2D eigenvalue weighted by Crippen LogP contribution is 2.25. The molecule has 1 atom stereocenters. The van der Waals surface area contributed by atoms with E-state index in [0.29, 0.717) is 17.4 Å². The van der Waals surface area contributed by atoms with Crippen LogP contribution in [-0.2, 0) is 0 Å². The van der Waals surface area contributed by atoms with E-state index in [2.05, 4.69) is 10.3 Å². The zero-order chi connectivity index (χ0) is 12.3. The highest BCUT2D eigenvalue weighted by molar-refractivity contribution is 8.00. The third-order valence-corrected chi connectivity index (χ3v) is 4.47. The summed E-state index contributed by atoms with van der Waals surface area (Å²) in [4.78, 5) is 15.7. The molecule has 2 rings (SSSR count). The molecule has 0 aromatic carbocycles. The molecule has 1 fully saturated rings. The Kier molecular flexibility index (Phi) is 4.54. The minimum atomic E-state index is -0.188. The van der Waals surface area contributed by atoms with Gasteiger partial charge in [0.2, 0.25) is 0 Å². The summed E-state index contributed by atoms with van der Waals surface area (Å²) in [5.41, 5.74) is 0.374. The lowest BCUT2D eigenvalue weighted by Gasteiger charge is -2.10. The van der Waals surface area contributed by atoms with Crippen LogP contribution < -0.4 is 5.32 Å². The number of amides is 1. The maximum Gasteiger partial charge on any atom is 0.254 e. The minimum absolute atomic E-state index is 0.147. The molecule has 3 nitrogen and oxygen atoms in total. The van der Waals surface area contributed by atoms with Gasteiger partial charge in [0.1, 0.15) is 10.3 Å². The first-order valence-electron chi connectivity index (χ1n) is 5.38. The molecule has 92 valence electrons. The van der Waals surface area contributed by atoms with Crippen molar-refractivity contribution >= 4 is 40.9 Å². The second-order valence-electron chi connectivity index (χ2n) is 3.82. The number of halogens is 2. The molecule has 1 unspecified atom stereocenters. The van der Waals surface area contributed by atoms with Gasteiger partial charge >= 0.3 is 0 Å². The van der Waals surface area contributed by atoms with Crippen LogP contribution in [0.1, 0.15) is 23.2 Å². The van der Waals surface area contributed by atoms with E-state index < -0.39 is 0 Å². The van der Waals surface area contributed by atoms with Gasteiger partial charge in [0.15, 0.2) is 0 Å². The number of carbonyl (C=O) groups is 1. The van der Waals surface area contributed by atoms with E-state index in [-0.39, 0.29) is 16.2 Å². The van der Waals surface area contributed by atoms with Gasteiger partial charge in [0.25, 0.3) is 5.91 Å². The van der Waals surface area contributed by atoms with Crippen LogP contribution in [0.2, 0.25) is 10.3 Å². The molecular weight excluding hydrogens is 279 g/mol. The maximum absolute atomic E-state index is 11.8. The van der Waals surface area contributed by atoms with E-state index in [1.807, 2.05) is 11.8 Å². The van der Waals surface area contributed by atoms with Crippen molar-refractivity contribution in [3.8, 4) is 0 Å². The molecule has 6 heteroatoms. The van der Waals surface area contributed by atoms with Crippen LogP contribution in [-0.4, -0.2) is 28.4 Å². The molecule has 1 aliphatic heterocycles. The number of thioether (sulfide) groups is 1. The number of pyridine rings is 1. The zero-order valence-electron chi connectivity index (χ0n) is 9.08. The Morgan fingerprint density at radius 2 is 2.35 bits per heavy atom. The Hall–Kier alpha value is -0.450. The average Bonchev–Trinajstić information content (AvgIpc) is 2.78. The van der Waals surface area contributed by atoms with Crippen molar-refractivity contribution in [3.63, 3.8) is 0 Å². The molecule has 1 aromatic rings. The Bertz CT molecular complexity index is 422. The Morgan fingerprint density at radius 3 is 3.00 bits per heavy atom. The Morgan fingerprint density at radius 1 is 1.53 bits per heavy atom. The summed E-state index contributed by atoms with van der Waals surface area (Å²) in [5.74, 6) is 0.996. The molecule has 0 saturated carbocycles. The van der Waals surface area contributed by atoms with Crippen molar-refractivity contribution in [1.82, 2.24) is 10.3 Å². The molecule has 2 heterocycles. The van der Waals surface area contributed by atoms with Gasteiger partial charge in [-0.1, -0.05) is 23.2 Å². The van der Waals surface area contributed by atoms with E-state index in [9.17, 15) is 4.79 Å². The van der Waals surface area contributed by atoms with Crippen LogP contribution in [0.5, 0.6) is 0 Å². The summed E-state index contributed by atoms with van der Waals surface area (Å²) in [6.45, 7) is 0.683. The predicted molar refractivity (Wildman–Crippen MR) is 72.1 cm³/mol. The van der Waals surface area contributed by atoms with Crippen LogP contribution in [0.15, 0.2) is 12.1 Å². The average molecular weight is 291 g/mol. The summed E-state index contributed by atoms with van der Waals surface area (Å²) in [5, 5.41) is 3.84. The lowest BCUT2D eigenvalue weighted by atomic mass is 10.2. The summed E-state index contributed by atoms with van der Waals surface area (Å²) in [6.07, 6.45) is 2.39. The van der Waals surface area contributed by atoms with Crippen LogP contribution in [0.25, 0.3) is 0 Å². The predicted octanol–water partition coefficient (Wildman–Crippen LogP) is 3.01. The molecule has 1 aliphatic rings. The Balaban J connectivity index is 1.94. The van der Waals surface area contributed by atoms with Gasteiger partial charge in [-0.05, 0) is 30.7 Å². The number of carbonyl (C=O) groups excluding carboxylic acids is 1. The molecule has 1 amide bonds. The summed E-state index contributed by atoms with van der Waals surface area (Å²) in [6, 6.07) is 3.15. The fourth-order valence-electron chi connectivity index (χ4n) is 1.69. The van der Waals surface area contributed by atoms with Gasteiger partial charge in [-0.3, -0.25) is 4.79 Å². The molecule has 0 bridgehead atoms. The van der Waals surface area contributed by atoms with Crippen LogP contribution in [0.4, 0.5) is 0 Å². The summed E-state index contributed by atoms with van der Waals surface area (Å²) in [7, 11) is 0. The van der Waals surface area contributed by atoms with Crippen molar-refractivity contribution < 1.29 is 4.79 Å². The highest BCUT2D eigenvalue weighted by Gasteiger charge is 2.18. The number of hydrogen-bond donors (Lipinski definition) is 1. The molecule has 1 aromatic heterocycles. The van der Waals surface area contributed by atoms with Gasteiger partial charge in [-0.15, -0.1) is 0 Å². The van der Waals surface area contributed by atoms with E-state index in [0.717, 1.165) is 6.42 Å². The minimum Gasteiger partial charge on any atom is -0.351 e. The summed E-state index contributed by atoms with van der Waals surface area (Å²) < 4.78 is 0. The van der Waals surface area contributed by atoms with Crippen molar-refractivity contribution in [1.29, 1.82) is 0 Å². The lowest BCUT2D eigenvalue weighted by Crippen LogP contribution is -2.30. The smallest absolute Gasteiger partial charge is 0.254 e. The fourth-order valence-corrected chi connectivity index (χ4v) is 3.32. The molecular formula is C11H12Cl2N2OS. The van der Waals surface area contributed by atoms with Crippen molar-refractivity contribution in [3.05, 3.63) is 28.0 Å². The SMILES string of the molecule is O=C(NCC1CCCS1)c1ccc(Cl)nc1Cl. The number of nitrogens with one attached hydrogen (secondary N) is 1. The number of rotatable bonds is 3.